The van der Waals surface area contributed by atoms with Gasteiger partial charge in [-0.1, -0.05) is 18.2 Å². The Hall–Kier alpha value is -3.08. The third-order valence-electron chi connectivity index (χ3n) is 5.01. The number of aryl methyl sites for hydroxylation is 4. The molecule has 5 heteroatoms. The maximum atomic E-state index is 12.5. The molecule has 0 bridgehead atoms. The third kappa shape index (κ3) is 5.47. The fraction of sp³-hybridized carbons (Fsp3) is 0.333. The van der Waals surface area contributed by atoms with E-state index < -0.39 is 0 Å². The highest BCUT2D eigenvalue weighted by Crippen LogP contribution is 2.16. The van der Waals surface area contributed by atoms with Crippen LogP contribution in [0.4, 0.5) is 0 Å². The van der Waals surface area contributed by atoms with Crippen LogP contribution in [0.3, 0.4) is 0 Å². The van der Waals surface area contributed by atoms with E-state index in [2.05, 4.69) is 30.3 Å². The minimum absolute atomic E-state index is 0.0983. The van der Waals surface area contributed by atoms with Crippen LogP contribution in [-0.2, 0) is 6.54 Å². The van der Waals surface area contributed by atoms with Crippen molar-refractivity contribution >= 4 is 5.91 Å². The molecule has 0 saturated carbocycles. The summed E-state index contributed by atoms with van der Waals surface area (Å²) >= 11 is 0. The summed E-state index contributed by atoms with van der Waals surface area (Å²) in [4.78, 5) is 12.5. The van der Waals surface area contributed by atoms with Crippen LogP contribution in [0, 0.1) is 27.7 Å². The van der Waals surface area contributed by atoms with Crippen molar-refractivity contribution in [3.8, 4) is 5.75 Å². The first-order chi connectivity index (χ1) is 13.8. The predicted molar refractivity (Wildman–Crippen MR) is 116 cm³/mol. The highest BCUT2D eigenvalue weighted by molar-refractivity contribution is 5.94. The first-order valence-electron chi connectivity index (χ1n) is 9.92. The van der Waals surface area contributed by atoms with Crippen LogP contribution in [0.2, 0.25) is 0 Å². The number of hydrogen-bond donors (Lipinski definition) is 1. The van der Waals surface area contributed by atoms with Gasteiger partial charge in [-0.3, -0.25) is 9.48 Å². The molecule has 0 aliphatic heterocycles. The molecular formula is C24H29N3O2. The number of hydrogen-bond acceptors (Lipinski definition) is 3. The second-order valence-corrected chi connectivity index (χ2v) is 7.71. The smallest absolute Gasteiger partial charge is 0.251 e. The van der Waals surface area contributed by atoms with Crippen molar-refractivity contribution in [1.29, 1.82) is 0 Å². The van der Waals surface area contributed by atoms with Crippen LogP contribution in [0.5, 0.6) is 5.75 Å². The van der Waals surface area contributed by atoms with Gasteiger partial charge in [0.2, 0.25) is 0 Å². The Bertz CT molecular complexity index is 990. The number of nitrogens with one attached hydrogen (secondary N) is 1. The third-order valence-corrected chi connectivity index (χ3v) is 5.01. The molecule has 0 spiro atoms. The number of amides is 1. The lowest BCUT2D eigenvalue weighted by molar-refractivity contribution is 0.0926. The zero-order valence-corrected chi connectivity index (χ0v) is 17.8. The average molecular weight is 392 g/mol. The molecular weight excluding hydrogens is 362 g/mol. The quantitative estimate of drug-likeness (QED) is 0.651. The second-order valence-electron chi connectivity index (χ2n) is 7.71. The van der Waals surface area contributed by atoms with Crippen LogP contribution < -0.4 is 10.1 Å². The summed E-state index contributed by atoms with van der Waals surface area (Å²) in [5, 5.41) is 7.47. The zero-order valence-electron chi connectivity index (χ0n) is 17.8. The largest absolute Gasteiger partial charge is 0.491 e. The first kappa shape index (κ1) is 20.6. The first-order valence-corrected chi connectivity index (χ1v) is 9.92. The van der Waals surface area contributed by atoms with Gasteiger partial charge in [-0.25, -0.2) is 0 Å². The lowest BCUT2D eigenvalue weighted by Crippen LogP contribution is -2.36. The van der Waals surface area contributed by atoms with E-state index in [1.165, 1.54) is 11.1 Å². The molecule has 3 rings (SSSR count). The Morgan fingerprint density at radius 1 is 1.03 bits per heavy atom. The summed E-state index contributed by atoms with van der Waals surface area (Å²) < 4.78 is 7.78. The fourth-order valence-corrected chi connectivity index (χ4v) is 3.14. The summed E-state index contributed by atoms with van der Waals surface area (Å²) in [6.07, 6.45) is 0. The van der Waals surface area contributed by atoms with E-state index in [0.29, 0.717) is 18.7 Å². The monoisotopic (exact) mass is 391 g/mol. The Kier molecular flexibility index (Phi) is 6.37. The minimum atomic E-state index is -0.0986. The van der Waals surface area contributed by atoms with E-state index in [1.807, 2.05) is 67.9 Å². The number of aromatic nitrogens is 2. The molecule has 5 nitrogen and oxygen atoms in total. The van der Waals surface area contributed by atoms with Gasteiger partial charge in [-0.05, 0) is 81.6 Å². The van der Waals surface area contributed by atoms with Crippen molar-refractivity contribution in [2.75, 3.05) is 6.61 Å². The van der Waals surface area contributed by atoms with Crippen LogP contribution in [0.15, 0.2) is 48.5 Å². The lowest BCUT2D eigenvalue weighted by Gasteiger charge is -2.16. The predicted octanol–water partition coefficient (Wildman–Crippen LogP) is 4.36. The van der Waals surface area contributed by atoms with E-state index in [1.54, 1.807) is 0 Å². The molecule has 0 saturated heterocycles. The minimum Gasteiger partial charge on any atom is -0.491 e. The Morgan fingerprint density at radius 2 is 1.76 bits per heavy atom. The van der Waals surface area contributed by atoms with Crippen LogP contribution in [0.1, 0.15) is 45.4 Å². The lowest BCUT2D eigenvalue weighted by atomic mass is 10.1. The number of carbonyl (C=O) groups excluding carboxylic acids is 1. The summed E-state index contributed by atoms with van der Waals surface area (Å²) in [6, 6.07) is 15.6. The molecule has 0 aliphatic rings. The Labute approximate surface area is 172 Å². The van der Waals surface area contributed by atoms with Crippen LogP contribution >= 0.6 is 0 Å². The van der Waals surface area contributed by atoms with Gasteiger partial charge in [0.15, 0.2) is 0 Å². The number of nitrogens with zero attached hydrogens (tertiary/aromatic N) is 2. The van der Waals surface area contributed by atoms with E-state index in [-0.39, 0.29) is 11.9 Å². The van der Waals surface area contributed by atoms with Gasteiger partial charge >= 0.3 is 0 Å². The molecule has 1 heterocycles. The van der Waals surface area contributed by atoms with E-state index in [9.17, 15) is 4.79 Å². The molecule has 0 fully saturated rings. The molecule has 1 N–H and O–H groups in total. The summed E-state index contributed by atoms with van der Waals surface area (Å²) in [6.45, 7) is 11.2. The average Bonchev–Trinajstić information content (AvgIpc) is 3.00. The normalized spacial score (nSPS) is 11.9. The van der Waals surface area contributed by atoms with E-state index in [0.717, 1.165) is 22.7 Å². The van der Waals surface area contributed by atoms with Crippen LogP contribution in [-0.4, -0.2) is 28.3 Å². The number of ether oxygens (including phenoxy) is 1. The van der Waals surface area contributed by atoms with Crippen molar-refractivity contribution in [3.63, 3.8) is 0 Å². The molecule has 0 radical (unpaired) electrons. The Morgan fingerprint density at radius 3 is 2.38 bits per heavy atom. The number of carbonyl (C=O) groups is 1. The Balaban J connectivity index is 1.53. The van der Waals surface area contributed by atoms with Gasteiger partial charge in [0.05, 0.1) is 18.3 Å². The molecule has 152 valence electrons. The summed E-state index contributed by atoms with van der Waals surface area (Å²) in [7, 11) is 0. The highest BCUT2D eigenvalue weighted by Gasteiger charge is 2.11. The standard InChI is InChI=1S/C24H29N3O2/c1-16-6-11-23(12-17(16)2)29-15-19(4)25-24(28)22-9-7-21(8-10-22)14-27-20(5)13-18(3)26-27/h6-13,19H,14-15H2,1-5H3,(H,25,28). The van der Waals surface area contributed by atoms with Crippen molar-refractivity contribution in [1.82, 2.24) is 15.1 Å². The molecule has 3 aromatic rings. The van der Waals surface area contributed by atoms with Gasteiger partial charge in [-0.2, -0.15) is 5.10 Å². The van der Waals surface area contributed by atoms with E-state index in [4.69, 9.17) is 4.74 Å². The van der Waals surface area contributed by atoms with Gasteiger partial charge in [0.1, 0.15) is 12.4 Å². The van der Waals surface area contributed by atoms with Gasteiger partial charge in [0.25, 0.3) is 5.91 Å². The zero-order chi connectivity index (χ0) is 21.0. The molecule has 29 heavy (non-hydrogen) atoms. The van der Waals surface area contributed by atoms with Gasteiger partial charge < -0.3 is 10.1 Å². The second kappa shape index (κ2) is 8.95. The highest BCUT2D eigenvalue weighted by atomic mass is 16.5. The SMILES string of the molecule is Cc1cc(C)n(Cc2ccc(C(=O)NC(C)COc3ccc(C)c(C)c3)cc2)n1. The topological polar surface area (TPSA) is 56.2 Å². The molecule has 1 atom stereocenters. The fourth-order valence-electron chi connectivity index (χ4n) is 3.14. The van der Waals surface area contributed by atoms with Crippen molar-refractivity contribution in [2.45, 2.75) is 47.2 Å². The molecule has 0 aliphatic carbocycles. The number of benzene rings is 2. The maximum Gasteiger partial charge on any atom is 0.251 e. The van der Waals surface area contributed by atoms with Crippen molar-refractivity contribution in [3.05, 3.63) is 82.2 Å². The van der Waals surface area contributed by atoms with Gasteiger partial charge in [-0.15, -0.1) is 0 Å². The molecule has 2 aromatic carbocycles. The van der Waals surface area contributed by atoms with Crippen LogP contribution in [0.25, 0.3) is 0 Å². The van der Waals surface area contributed by atoms with Gasteiger partial charge in [0, 0.05) is 11.3 Å². The molecule has 1 unspecified atom stereocenters. The van der Waals surface area contributed by atoms with Crippen molar-refractivity contribution in [2.24, 2.45) is 0 Å². The number of rotatable bonds is 7. The summed E-state index contributed by atoms with van der Waals surface area (Å²) in [5.41, 5.74) is 6.32. The van der Waals surface area contributed by atoms with Crippen molar-refractivity contribution < 1.29 is 9.53 Å². The molecule has 1 aromatic heterocycles. The summed E-state index contributed by atoms with van der Waals surface area (Å²) in [5.74, 6) is 0.724. The van der Waals surface area contributed by atoms with E-state index >= 15 is 0 Å². The maximum absolute atomic E-state index is 12.5. The molecule has 1 amide bonds.